The topological polar surface area (TPSA) is 40.5 Å². The SMILES string of the molecule is CO.CO.Cl.[C-]1=CC=CC1.[Hf]. The molecular formula is C7H14ClHfO2-. The van der Waals surface area contributed by atoms with E-state index in [0.717, 1.165) is 20.6 Å². The van der Waals surface area contributed by atoms with Crippen molar-refractivity contribution >= 4 is 12.4 Å². The fourth-order valence-electron chi connectivity index (χ4n) is 0.340. The third-order valence-electron chi connectivity index (χ3n) is 0.586. The van der Waals surface area contributed by atoms with Gasteiger partial charge in [-0.25, -0.2) is 12.2 Å². The van der Waals surface area contributed by atoms with E-state index < -0.39 is 0 Å². The molecule has 0 saturated heterocycles. The average Bonchev–Trinajstić information content (AvgIpc) is 2.51. The summed E-state index contributed by atoms with van der Waals surface area (Å²) in [7, 11) is 2.00. The summed E-state index contributed by atoms with van der Waals surface area (Å²) in [5, 5.41) is 14.0. The van der Waals surface area contributed by atoms with E-state index in [1.54, 1.807) is 0 Å². The van der Waals surface area contributed by atoms with Crippen molar-refractivity contribution in [1.29, 1.82) is 0 Å². The molecule has 0 radical (unpaired) electrons. The van der Waals surface area contributed by atoms with Crippen LogP contribution in [-0.4, -0.2) is 24.4 Å². The fourth-order valence-corrected chi connectivity index (χ4v) is 0.340. The molecule has 0 unspecified atom stereocenters. The molecule has 2 N–H and O–H groups in total. The van der Waals surface area contributed by atoms with Crippen LogP contribution in [0.25, 0.3) is 0 Å². The zero-order valence-electron chi connectivity index (χ0n) is 6.74. The van der Waals surface area contributed by atoms with E-state index in [-0.39, 0.29) is 38.3 Å². The first-order valence-electron chi connectivity index (χ1n) is 2.61. The molecule has 0 bridgehead atoms. The van der Waals surface area contributed by atoms with Gasteiger partial charge in [-0.15, -0.1) is 18.8 Å². The van der Waals surface area contributed by atoms with Crippen molar-refractivity contribution < 1.29 is 36.1 Å². The molecular weight excluding hydrogens is 330 g/mol. The third kappa shape index (κ3) is 25.0. The molecule has 0 heterocycles. The molecule has 2 nitrogen and oxygen atoms in total. The van der Waals surface area contributed by atoms with Gasteiger partial charge in [0.2, 0.25) is 0 Å². The first-order chi connectivity index (χ1) is 4.50. The molecule has 0 aromatic heterocycles. The van der Waals surface area contributed by atoms with Gasteiger partial charge in [-0.3, -0.25) is 6.08 Å². The molecule has 0 spiro atoms. The van der Waals surface area contributed by atoms with E-state index in [9.17, 15) is 0 Å². The summed E-state index contributed by atoms with van der Waals surface area (Å²) in [6, 6.07) is 0. The van der Waals surface area contributed by atoms with Crippen LogP contribution in [0.1, 0.15) is 6.42 Å². The summed E-state index contributed by atoms with van der Waals surface area (Å²) in [4.78, 5) is 0. The van der Waals surface area contributed by atoms with E-state index in [1.165, 1.54) is 0 Å². The van der Waals surface area contributed by atoms with E-state index in [2.05, 4.69) is 12.2 Å². The second-order valence-corrected chi connectivity index (χ2v) is 1.00. The van der Waals surface area contributed by atoms with Gasteiger partial charge in [0.25, 0.3) is 0 Å². The van der Waals surface area contributed by atoms with Gasteiger partial charge in [-0.05, 0) is 0 Å². The summed E-state index contributed by atoms with van der Waals surface area (Å²) >= 11 is 0. The van der Waals surface area contributed by atoms with E-state index in [0.29, 0.717) is 0 Å². The van der Waals surface area contributed by atoms with Crippen molar-refractivity contribution in [3.63, 3.8) is 0 Å². The van der Waals surface area contributed by atoms with Gasteiger partial charge in [0.1, 0.15) is 0 Å². The van der Waals surface area contributed by atoms with Crippen molar-refractivity contribution in [1.82, 2.24) is 0 Å². The maximum Gasteiger partial charge on any atom is 0.0319 e. The number of halogens is 1. The Morgan fingerprint density at radius 3 is 1.73 bits per heavy atom. The second-order valence-electron chi connectivity index (χ2n) is 1.00. The van der Waals surface area contributed by atoms with Crippen molar-refractivity contribution in [2.45, 2.75) is 6.42 Å². The minimum atomic E-state index is 0. The third-order valence-corrected chi connectivity index (χ3v) is 0.586. The first-order valence-corrected chi connectivity index (χ1v) is 2.61. The van der Waals surface area contributed by atoms with Crippen LogP contribution in [0.4, 0.5) is 0 Å². The van der Waals surface area contributed by atoms with Crippen LogP contribution in [0, 0.1) is 6.08 Å². The molecule has 1 aliphatic rings. The summed E-state index contributed by atoms with van der Waals surface area (Å²) in [5.41, 5.74) is 0. The Morgan fingerprint density at radius 1 is 1.18 bits per heavy atom. The smallest absolute Gasteiger partial charge is 0.0319 e. The van der Waals surface area contributed by atoms with Crippen LogP contribution >= 0.6 is 12.4 Å². The predicted molar refractivity (Wildman–Crippen MR) is 45.1 cm³/mol. The van der Waals surface area contributed by atoms with Crippen molar-refractivity contribution in [3.05, 3.63) is 24.3 Å². The summed E-state index contributed by atoms with van der Waals surface area (Å²) in [6.45, 7) is 0. The molecule has 1 rings (SSSR count). The number of aliphatic hydroxyl groups is 2. The van der Waals surface area contributed by atoms with Crippen LogP contribution < -0.4 is 0 Å². The predicted octanol–water partition coefficient (Wildman–Crippen LogP) is 0.942. The molecule has 11 heavy (non-hydrogen) atoms. The minimum Gasteiger partial charge on any atom is -0.400 e. The van der Waals surface area contributed by atoms with Gasteiger partial charge < -0.3 is 10.2 Å². The maximum absolute atomic E-state index is 7.00. The molecule has 66 valence electrons. The van der Waals surface area contributed by atoms with Crippen LogP contribution in [0.2, 0.25) is 0 Å². The standard InChI is InChI=1S/C5H5.2CH4O.ClH.Hf/c1-2-4-5-3-1;2*1-2;;/h1-3H,4H2;2*2H,1H3;1H;/q-1;;;;. The monoisotopic (exact) mass is 345 g/mol. The van der Waals surface area contributed by atoms with Crippen LogP contribution in [-0.2, 0) is 25.8 Å². The first kappa shape index (κ1) is 22.6. The van der Waals surface area contributed by atoms with E-state index >= 15 is 0 Å². The van der Waals surface area contributed by atoms with E-state index in [4.69, 9.17) is 10.2 Å². The molecule has 0 aromatic rings. The Balaban J connectivity index is -0.0000000369. The second kappa shape index (κ2) is 31.2. The molecule has 0 amide bonds. The van der Waals surface area contributed by atoms with Crippen molar-refractivity contribution in [2.24, 2.45) is 0 Å². The normalized spacial score (nSPS) is 9.09. The van der Waals surface area contributed by atoms with Gasteiger partial charge in [0, 0.05) is 40.1 Å². The van der Waals surface area contributed by atoms with Gasteiger partial charge in [-0.2, -0.15) is 6.08 Å². The van der Waals surface area contributed by atoms with Crippen LogP contribution in [0.3, 0.4) is 0 Å². The van der Waals surface area contributed by atoms with Gasteiger partial charge in [0.05, 0.1) is 0 Å². The number of hydrogen-bond donors (Lipinski definition) is 2. The van der Waals surface area contributed by atoms with Gasteiger partial charge >= 0.3 is 0 Å². The van der Waals surface area contributed by atoms with Crippen molar-refractivity contribution in [2.75, 3.05) is 14.2 Å². The molecule has 4 heteroatoms. The molecule has 0 fully saturated rings. The van der Waals surface area contributed by atoms with Gasteiger partial charge in [0.15, 0.2) is 0 Å². The Hall–Kier alpha value is 0.560. The number of hydrogen-bond acceptors (Lipinski definition) is 2. The number of rotatable bonds is 0. The average molecular weight is 344 g/mol. The minimum absolute atomic E-state index is 0. The van der Waals surface area contributed by atoms with Crippen LogP contribution in [0.5, 0.6) is 0 Å². The molecule has 0 aromatic carbocycles. The Bertz CT molecular complexity index is 74.5. The molecule has 1 aliphatic carbocycles. The van der Waals surface area contributed by atoms with Crippen molar-refractivity contribution in [3.8, 4) is 0 Å². The molecule has 0 saturated carbocycles. The number of aliphatic hydroxyl groups excluding tert-OH is 2. The van der Waals surface area contributed by atoms with Crippen LogP contribution in [0.15, 0.2) is 18.2 Å². The summed E-state index contributed by atoms with van der Waals surface area (Å²) in [5.74, 6) is 0. The Labute approximate surface area is 93.2 Å². The van der Waals surface area contributed by atoms with Gasteiger partial charge in [-0.1, -0.05) is 0 Å². The zero-order chi connectivity index (χ0) is 7.54. The Morgan fingerprint density at radius 2 is 1.64 bits per heavy atom. The number of allylic oxidation sites excluding steroid dienone is 4. The quantitative estimate of drug-likeness (QED) is 0.507. The molecule has 0 aliphatic heterocycles. The van der Waals surface area contributed by atoms with E-state index in [1.807, 2.05) is 12.2 Å². The summed E-state index contributed by atoms with van der Waals surface area (Å²) in [6.07, 6.45) is 10.0. The molecule has 0 atom stereocenters. The largest absolute Gasteiger partial charge is 0.400 e. The Kier molecular flexibility index (Phi) is 64.0. The zero-order valence-corrected chi connectivity index (χ0v) is 11.2. The maximum atomic E-state index is 7.00. The summed E-state index contributed by atoms with van der Waals surface area (Å²) < 4.78 is 0. The fraction of sp³-hybridized carbons (Fsp3) is 0.429.